The predicted octanol–water partition coefficient (Wildman–Crippen LogP) is 4.25. The van der Waals surface area contributed by atoms with Gasteiger partial charge in [0.15, 0.2) is 5.78 Å². The number of nitrogens with two attached hydrogens (primary N) is 1. The number of halogens is 3. The normalized spacial score (nSPS) is 10.5. The molecule has 0 saturated heterocycles. The Morgan fingerprint density at radius 3 is 2.26 bits per heavy atom. The van der Waals surface area contributed by atoms with Gasteiger partial charge in [-0.25, -0.2) is 4.39 Å². The van der Waals surface area contributed by atoms with E-state index in [1.807, 2.05) is 0 Å². The molecular formula is C14H10Cl2FNO. The summed E-state index contributed by atoms with van der Waals surface area (Å²) in [6, 6.07) is 6.88. The highest BCUT2D eigenvalue weighted by Crippen LogP contribution is 2.30. The van der Waals surface area contributed by atoms with Crippen LogP contribution in [0.3, 0.4) is 0 Å². The molecule has 2 N–H and O–H groups in total. The molecule has 0 saturated carbocycles. The Bertz CT molecular complexity index is 647. The van der Waals surface area contributed by atoms with Crippen LogP contribution in [0.5, 0.6) is 0 Å². The van der Waals surface area contributed by atoms with Gasteiger partial charge >= 0.3 is 0 Å². The average molecular weight is 298 g/mol. The Balaban J connectivity index is 2.50. The minimum atomic E-state index is -0.387. The van der Waals surface area contributed by atoms with E-state index in [9.17, 15) is 9.18 Å². The fourth-order valence-electron chi connectivity index (χ4n) is 1.75. The highest BCUT2D eigenvalue weighted by atomic mass is 35.5. The molecule has 0 heterocycles. The second kappa shape index (κ2) is 5.19. The van der Waals surface area contributed by atoms with E-state index in [4.69, 9.17) is 28.9 Å². The Morgan fingerprint density at radius 1 is 1.16 bits per heavy atom. The minimum absolute atomic E-state index is 0.218. The summed E-state index contributed by atoms with van der Waals surface area (Å²) in [5.74, 6) is -0.663. The van der Waals surface area contributed by atoms with Crippen molar-refractivity contribution in [1.82, 2.24) is 0 Å². The monoisotopic (exact) mass is 297 g/mol. The molecular weight excluding hydrogens is 288 g/mol. The smallest absolute Gasteiger partial charge is 0.193 e. The third-order valence-corrected chi connectivity index (χ3v) is 3.40. The molecule has 0 atom stereocenters. The van der Waals surface area contributed by atoms with Gasteiger partial charge in [-0.1, -0.05) is 23.2 Å². The lowest BCUT2D eigenvalue weighted by atomic mass is 9.99. The Kier molecular flexibility index (Phi) is 3.78. The van der Waals surface area contributed by atoms with E-state index < -0.39 is 0 Å². The highest BCUT2D eigenvalue weighted by molar-refractivity contribution is 6.39. The molecule has 0 aliphatic rings. The molecule has 0 bridgehead atoms. The van der Waals surface area contributed by atoms with Crippen molar-refractivity contribution in [2.75, 3.05) is 5.73 Å². The lowest BCUT2D eigenvalue weighted by Gasteiger charge is -2.08. The lowest BCUT2D eigenvalue weighted by molar-refractivity contribution is 0.103. The molecule has 0 aliphatic carbocycles. The fraction of sp³-hybridized carbons (Fsp3) is 0.0714. The van der Waals surface area contributed by atoms with E-state index in [2.05, 4.69) is 0 Å². The summed E-state index contributed by atoms with van der Waals surface area (Å²) in [5.41, 5.74) is 7.12. The summed E-state index contributed by atoms with van der Waals surface area (Å²) >= 11 is 11.8. The van der Waals surface area contributed by atoms with Crippen molar-refractivity contribution in [1.29, 1.82) is 0 Å². The van der Waals surface area contributed by atoms with Gasteiger partial charge in [0.05, 0.1) is 15.7 Å². The van der Waals surface area contributed by atoms with Gasteiger partial charge in [-0.05, 0) is 42.8 Å². The van der Waals surface area contributed by atoms with E-state index in [1.165, 1.54) is 30.3 Å². The number of benzene rings is 2. The summed E-state index contributed by atoms with van der Waals surface area (Å²) < 4.78 is 13.0. The second-order valence-electron chi connectivity index (χ2n) is 4.14. The quantitative estimate of drug-likeness (QED) is 0.665. The van der Waals surface area contributed by atoms with Crippen molar-refractivity contribution < 1.29 is 9.18 Å². The summed E-state index contributed by atoms with van der Waals surface area (Å²) in [7, 11) is 0. The molecule has 0 amide bonds. The zero-order valence-corrected chi connectivity index (χ0v) is 11.5. The van der Waals surface area contributed by atoms with E-state index >= 15 is 0 Å². The highest BCUT2D eigenvalue weighted by Gasteiger charge is 2.15. The fourth-order valence-corrected chi connectivity index (χ4v) is 2.24. The van der Waals surface area contributed by atoms with Gasteiger partial charge in [-0.15, -0.1) is 0 Å². The van der Waals surface area contributed by atoms with Crippen LogP contribution in [0, 0.1) is 12.7 Å². The first-order valence-corrected chi connectivity index (χ1v) is 6.21. The van der Waals surface area contributed by atoms with E-state index in [0.29, 0.717) is 16.7 Å². The molecule has 2 nitrogen and oxygen atoms in total. The maximum atomic E-state index is 13.0. The van der Waals surface area contributed by atoms with Crippen molar-refractivity contribution in [3.8, 4) is 0 Å². The maximum absolute atomic E-state index is 13.0. The first-order valence-electron chi connectivity index (χ1n) is 5.45. The number of carbonyl (C=O) groups excluding carboxylic acids is 1. The average Bonchev–Trinajstić information content (AvgIpc) is 2.34. The zero-order valence-electron chi connectivity index (χ0n) is 10.0. The Morgan fingerprint density at radius 2 is 1.74 bits per heavy atom. The van der Waals surface area contributed by atoms with E-state index in [-0.39, 0.29) is 27.3 Å². The van der Waals surface area contributed by atoms with Gasteiger partial charge in [0.2, 0.25) is 0 Å². The standard InChI is InChI=1S/C14H10Cl2FNO/c1-7-4-9(17)2-3-10(7)14(19)8-5-11(15)13(18)12(16)6-8/h2-6H,18H2,1H3. The van der Waals surface area contributed by atoms with Crippen molar-refractivity contribution in [2.24, 2.45) is 0 Å². The van der Waals surface area contributed by atoms with Gasteiger partial charge in [0, 0.05) is 11.1 Å². The molecule has 0 fully saturated rings. The van der Waals surface area contributed by atoms with Crippen molar-refractivity contribution in [3.63, 3.8) is 0 Å². The number of rotatable bonds is 2. The summed E-state index contributed by atoms with van der Waals surface area (Å²) in [6.45, 7) is 1.66. The van der Waals surface area contributed by atoms with Gasteiger partial charge in [-0.3, -0.25) is 4.79 Å². The first-order chi connectivity index (χ1) is 8.90. The number of hydrogen-bond donors (Lipinski definition) is 1. The molecule has 98 valence electrons. The third-order valence-electron chi connectivity index (χ3n) is 2.77. The summed E-state index contributed by atoms with van der Waals surface area (Å²) in [4.78, 5) is 12.3. The summed E-state index contributed by atoms with van der Waals surface area (Å²) in [5, 5.41) is 0.436. The van der Waals surface area contributed by atoms with Gasteiger partial charge in [-0.2, -0.15) is 0 Å². The van der Waals surface area contributed by atoms with Crippen LogP contribution in [0.25, 0.3) is 0 Å². The molecule has 19 heavy (non-hydrogen) atoms. The number of aryl methyl sites for hydroxylation is 1. The molecule has 5 heteroatoms. The first kappa shape index (κ1) is 13.8. The predicted molar refractivity (Wildman–Crippen MR) is 75.4 cm³/mol. The Hall–Kier alpha value is -1.58. The zero-order chi connectivity index (χ0) is 14.2. The minimum Gasteiger partial charge on any atom is -0.396 e. The van der Waals surface area contributed by atoms with Crippen LogP contribution >= 0.6 is 23.2 Å². The second-order valence-corrected chi connectivity index (χ2v) is 4.96. The molecule has 0 aromatic heterocycles. The largest absolute Gasteiger partial charge is 0.396 e. The van der Waals surface area contributed by atoms with Crippen molar-refractivity contribution in [2.45, 2.75) is 6.92 Å². The Labute approximate surface area is 119 Å². The molecule has 2 aromatic carbocycles. The number of anilines is 1. The van der Waals surface area contributed by atoms with E-state index in [1.54, 1.807) is 6.92 Å². The lowest BCUT2D eigenvalue weighted by Crippen LogP contribution is -2.05. The molecule has 0 spiro atoms. The molecule has 2 aromatic rings. The SMILES string of the molecule is Cc1cc(F)ccc1C(=O)c1cc(Cl)c(N)c(Cl)c1. The molecule has 0 radical (unpaired) electrons. The van der Waals surface area contributed by atoms with Crippen LogP contribution < -0.4 is 5.73 Å². The van der Waals surface area contributed by atoms with Crippen LogP contribution in [0.1, 0.15) is 21.5 Å². The van der Waals surface area contributed by atoms with Crippen LogP contribution in [-0.4, -0.2) is 5.78 Å². The van der Waals surface area contributed by atoms with Crippen LogP contribution in [0.2, 0.25) is 10.0 Å². The molecule has 2 rings (SSSR count). The van der Waals surface area contributed by atoms with Crippen molar-refractivity contribution in [3.05, 3.63) is 62.9 Å². The topological polar surface area (TPSA) is 43.1 Å². The number of nitrogen functional groups attached to an aromatic ring is 1. The van der Waals surface area contributed by atoms with Crippen molar-refractivity contribution >= 4 is 34.7 Å². The van der Waals surface area contributed by atoms with Gasteiger partial charge in [0.1, 0.15) is 5.82 Å². The van der Waals surface area contributed by atoms with Crippen LogP contribution in [-0.2, 0) is 0 Å². The summed E-state index contributed by atoms with van der Waals surface area (Å²) in [6.07, 6.45) is 0. The van der Waals surface area contributed by atoms with Gasteiger partial charge < -0.3 is 5.73 Å². The number of hydrogen-bond acceptors (Lipinski definition) is 2. The van der Waals surface area contributed by atoms with E-state index in [0.717, 1.165) is 0 Å². The molecule has 0 unspecified atom stereocenters. The van der Waals surface area contributed by atoms with Crippen LogP contribution in [0.15, 0.2) is 30.3 Å². The number of ketones is 1. The third kappa shape index (κ3) is 2.72. The number of carbonyl (C=O) groups is 1. The maximum Gasteiger partial charge on any atom is 0.193 e. The van der Waals surface area contributed by atoms with Gasteiger partial charge in [0.25, 0.3) is 0 Å². The van der Waals surface area contributed by atoms with Crippen LogP contribution in [0.4, 0.5) is 10.1 Å². The molecule has 0 aliphatic heterocycles.